The number of benzene rings is 1. The number of ether oxygens (including phenoxy) is 1. The molecule has 2 aromatic rings. The Morgan fingerprint density at radius 2 is 2.00 bits per heavy atom. The Bertz CT molecular complexity index is 626. The number of nitrogens with zero attached hydrogens (tertiary/aromatic N) is 2. The Kier molecular flexibility index (Phi) is 4.08. The number of nitrogen functional groups attached to an aromatic ring is 1. The van der Waals surface area contributed by atoms with Crippen LogP contribution in [0.15, 0.2) is 18.2 Å². The van der Waals surface area contributed by atoms with Gasteiger partial charge in [0.15, 0.2) is 0 Å². The summed E-state index contributed by atoms with van der Waals surface area (Å²) in [4.78, 5) is 8.74. The van der Waals surface area contributed by atoms with Crippen LogP contribution in [0.5, 0.6) is 5.75 Å². The highest BCUT2D eigenvalue weighted by Crippen LogP contribution is 2.30. The molecule has 0 unspecified atom stereocenters. The smallest absolute Gasteiger partial charge is 0.142 e. The fourth-order valence-electron chi connectivity index (χ4n) is 1.91. The molecule has 0 fully saturated rings. The number of anilines is 3. The summed E-state index contributed by atoms with van der Waals surface area (Å²) in [6.07, 6.45) is 0.740. The Morgan fingerprint density at radius 3 is 2.65 bits per heavy atom. The highest BCUT2D eigenvalue weighted by Gasteiger charge is 2.10. The third kappa shape index (κ3) is 2.82. The van der Waals surface area contributed by atoms with Gasteiger partial charge in [0.05, 0.1) is 12.8 Å². The van der Waals surface area contributed by atoms with E-state index >= 15 is 0 Å². The van der Waals surface area contributed by atoms with Crippen LogP contribution in [-0.2, 0) is 6.42 Å². The molecule has 1 heterocycles. The number of hydrogen-bond donors (Lipinski definition) is 2. The molecule has 0 aliphatic rings. The third-order valence-corrected chi connectivity index (χ3v) is 3.15. The van der Waals surface area contributed by atoms with Gasteiger partial charge in [0.1, 0.15) is 23.2 Å². The normalized spacial score (nSPS) is 10.4. The molecule has 20 heavy (non-hydrogen) atoms. The van der Waals surface area contributed by atoms with Crippen molar-refractivity contribution in [1.29, 1.82) is 0 Å². The van der Waals surface area contributed by atoms with Crippen molar-refractivity contribution in [2.75, 3.05) is 18.2 Å². The van der Waals surface area contributed by atoms with Crippen LogP contribution in [0.2, 0.25) is 0 Å². The largest absolute Gasteiger partial charge is 0.495 e. The summed E-state index contributed by atoms with van der Waals surface area (Å²) in [7, 11) is 1.65. The molecule has 0 amide bonds. The van der Waals surface area contributed by atoms with Crippen LogP contribution >= 0.6 is 0 Å². The summed E-state index contributed by atoms with van der Waals surface area (Å²) < 4.78 is 5.36. The number of aromatic nitrogens is 2. The van der Waals surface area contributed by atoms with Crippen LogP contribution in [0.1, 0.15) is 23.9 Å². The maximum Gasteiger partial charge on any atom is 0.142 e. The topological polar surface area (TPSA) is 73.1 Å². The van der Waals surface area contributed by atoms with E-state index in [1.54, 1.807) is 7.11 Å². The maximum atomic E-state index is 5.93. The van der Waals surface area contributed by atoms with Gasteiger partial charge in [-0.25, -0.2) is 9.97 Å². The van der Waals surface area contributed by atoms with Crippen LogP contribution in [0, 0.1) is 13.8 Å². The second-order valence-electron chi connectivity index (χ2n) is 4.68. The van der Waals surface area contributed by atoms with Gasteiger partial charge in [-0.15, -0.1) is 0 Å². The van der Waals surface area contributed by atoms with Crippen LogP contribution in [-0.4, -0.2) is 17.1 Å². The van der Waals surface area contributed by atoms with E-state index in [-0.39, 0.29) is 0 Å². The quantitative estimate of drug-likeness (QED) is 0.895. The van der Waals surface area contributed by atoms with E-state index in [1.165, 1.54) is 0 Å². The molecule has 0 aliphatic heterocycles. The molecular formula is C15H20N4O. The summed E-state index contributed by atoms with van der Waals surface area (Å²) in [5.41, 5.74) is 8.78. The Labute approximate surface area is 119 Å². The van der Waals surface area contributed by atoms with Gasteiger partial charge in [-0.05, 0) is 31.5 Å². The number of methoxy groups -OCH3 is 1. The lowest BCUT2D eigenvalue weighted by molar-refractivity contribution is 0.416. The molecule has 5 heteroatoms. The fraction of sp³-hybridized carbons (Fsp3) is 0.333. The zero-order valence-corrected chi connectivity index (χ0v) is 12.3. The molecule has 0 bridgehead atoms. The van der Waals surface area contributed by atoms with Gasteiger partial charge < -0.3 is 15.8 Å². The number of hydrogen-bond acceptors (Lipinski definition) is 5. The predicted molar refractivity (Wildman–Crippen MR) is 81.6 cm³/mol. The molecule has 0 saturated carbocycles. The van der Waals surface area contributed by atoms with E-state index in [0.717, 1.165) is 40.6 Å². The highest BCUT2D eigenvalue weighted by atomic mass is 16.5. The fourth-order valence-corrected chi connectivity index (χ4v) is 1.91. The van der Waals surface area contributed by atoms with Crippen molar-refractivity contribution in [2.45, 2.75) is 27.2 Å². The lowest BCUT2D eigenvalue weighted by Gasteiger charge is -2.14. The van der Waals surface area contributed by atoms with Crippen molar-refractivity contribution in [3.8, 4) is 5.75 Å². The molecular weight excluding hydrogens is 252 g/mol. The number of rotatable bonds is 4. The van der Waals surface area contributed by atoms with Crippen molar-refractivity contribution in [1.82, 2.24) is 9.97 Å². The molecule has 3 N–H and O–H groups in total. The molecule has 1 aromatic heterocycles. The number of nitrogens with two attached hydrogens (primary N) is 1. The van der Waals surface area contributed by atoms with Crippen molar-refractivity contribution in [2.24, 2.45) is 0 Å². The van der Waals surface area contributed by atoms with Crippen LogP contribution in [0.4, 0.5) is 17.3 Å². The monoisotopic (exact) mass is 272 g/mol. The second kappa shape index (κ2) is 5.77. The summed E-state index contributed by atoms with van der Waals surface area (Å²) in [5.74, 6) is 2.72. The molecule has 0 radical (unpaired) electrons. The first-order valence-electron chi connectivity index (χ1n) is 6.59. The van der Waals surface area contributed by atoms with Gasteiger partial charge in [0.2, 0.25) is 0 Å². The SMILES string of the molecule is CCc1nc(N)c(C)c(Nc2cc(C)ccc2OC)n1. The van der Waals surface area contributed by atoms with E-state index in [9.17, 15) is 0 Å². The molecule has 1 aromatic carbocycles. The van der Waals surface area contributed by atoms with Crippen LogP contribution < -0.4 is 15.8 Å². The van der Waals surface area contributed by atoms with Gasteiger partial charge in [0, 0.05) is 12.0 Å². The van der Waals surface area contributed by atoms with Crippen molar-refractivity contribution in [3.63, 3.8) is 0 Å². The molecule has 5 nitrogen and oxygen atoms in total. The Hall–Kier alpha value is -2.30. The van der Waals surface area contributed by atoms with E-state index in [0.29, 0.717) is 5.82 Å². The molecule has 2 rings (SSSR count). The van der Waals surface area contributed by atoms with Gasteiger partial charge in [-0.2, -0.15) is 0 Å². The molecule has 0 saturated heterocycles. The molecule has 0 aliphatic carbocycles. The van der Waals surface area contributed by atoms with E-state index in [4.69, 9.17) is 10.5 Å². The summed E-state index contributed by atoms with van der Waals surface area (Å²) >= 11 is 0. The zero-order valence-electron chi connectivity index (χ0n) is 12.3. The van der Waals surface area contributed by atoms with Crippen LogP contribution in [0.3, 0.4) is 0 Å². The lowest BCUT2D eigenvalue weighted by atomic mass is 10.2. The van der Waals surface area contributed by atoms with Crippen LogP contribution in [0.25, 0.3) is 0 Å². The standard InChI is InChI=1S/C15H20N4O/c1-5-13-18-14(16)10(3)15(19-13)17-11-8-9(2)6-7-12(11)20-4/h6-8H,5H2,1-4H3,(H3,16,17,18,19). The first kappa shape index (κ1) is 14.1. The number of nitrogens with one attached hydrogen (secondary N) is 1. The number of aryl methyl sites for hydroxylation is 2. The van der Waals surface area contributed by atoms with Gasteiger partial charge in [-0.1, -0.05) is 13.0 Å². The minimum atomic E-state index is 0.506. The van der Waals surface area contributed by atoms with Gasteiger partial charge in [-0.3, -0.25) is 0 Å². The summed E-state index contributed by atoms with van der Waals surface area (Å²) in [6.45, 7) is 5.93. The zero-order chi connectivity index (χ0) is 14.7. The first-order chi connectivity index (χ1) is 9.55. The molecule has 106 valence electrons. The lowest BCUT2D eigenvalue weighted by Crippen LogP contribution is -2.07. The average Bonchev–Trinajstić information content (AvgIpc) is 2.44. The maximum absolute atomic E-state index is 5.93. The van der Waals surface area contributed by atoms with Crippen molar-refractivity contribution < 1.29 is 4.74 Å². The van der Waals surface area contributed by atoms with Crippen molar-refractivity contribution in [3.05, 3.63) is 35.2 Å². The Balaban J connectivity index is 2.44. The van der Waals surface area contributed by atoms with E-state index < -0.39 is 0 Å². The minimum absolute atomic E-state index is 0.506. The third-order valence-electron chi connectivity index (χ3n) is 3.15. The highest BCUT2D eigenvalue weighted by molar-refractivity contribution is 5.69. The van der Waals surface area contributed by atoms with E-state index in [1.807, 2.05) is 39.0 Å². The molecule has 0 atom stereocenters. The molecule has 0 spiro atoms. The van der Waals surface area contributed by atoms with Gasteiger partial charge >= 0.3 is 0 Å². The summed E-state index contributed by atoms with van der Waals surface area (Å²) in [6, 6.07) is 5.95. The minimum Gasteiger partial charge on any atom is -0.495 e. The summed E-state index contributed by atoms with van der Waals surface area (Å²) in [5, 5.41) is 3.29. The van der Waals surface area contributed by atoms with Gasteiger partial charge in [0.25, 0.3) is 0 Å². The first-order valence-corrected chi connectivity index (χ1v) is 6.59. The predicted octanol–water partition coefficient (Wildman–Crippen LogP) is 2.99. The van der Waals surface area contributed by atoms with E-state index in [2.05, 4.69) is 15.3 Å². The Morgan fingerprint density at radius 1 is 1.25 bits per heavy atom. The average molecular weight is 272 g/mol. The second-order valence-corrected chi connectivity index (χ2v) is 4.68. The van der Waals surface area contributed by atoms with Crippen molar-refractivity contribution >= 4 is 17.3 Å².